The second-order valence-corrected chi connectivity index (χ2v) is 1.94. The van der Waals surface area contributed by atoms with Crippen LogP contribution in [0.15, 0.2) is 18.4 Å². The number of nitriles is 1. The molecular weight excluding hydrogens is 160 g/mol. The summed E-state index contributed by atoms with van der Waals surface area (Å²) in [5.41, 5.74) is 1.67. The second kappa shape index (κ2) is 3.36. The number of nitrogen functional groups attached to an aromatic ring is 1. The SMILES string of the molecule is N#C/C(=C\n1c[n+](N)cn1)NO. The molecule has 0 saturated heterocycles. The Kier molecular flexibility index (Phi) is 2.25. The third-order valence-corrected chi connectivity index (χ3v) is 1.07. The minimum absolute atomic E-state index is 0.0290. The smallest absolute Gasteiger partial charge is 0.287 e. The average Bonchev–Trinajstić information content (AvgIpc) is 2.47. The van der Waals surface area contributed by atoms with Crippen LogP contribution in [0.2, 0.25) is 0 Å². The van der Waals surface area contributed by atoms with Crippen LogP contribution in [0.3, 0.4) is 0 Å². The lowest BCUT2D eigenvalue weighted by atomic mass is 10.5. The summed E-state index contributed by atoms with van der Waals surface area (Å²) in [6.07, 6.45) is 4.06. The number of hydroxylamine groups is 1. The maximum absolute atomic E-state index is 8.37. The first-order chi connectivity index (χ1) is 5.76. The van der Waals surface area contributed by atoms with E-state index in [4.69, 9.17) is 16.3 Å². The molecule has 0 bridgehead atoms. The van der Waals surface area contributed by atoms with E-state index in [0.29, 0.717) is 0 Å². The molecule has 0 aromatic carbocycles. The predicted octanol–water partition coefficient (Wildman–Crippen LogP) is -1.81. The molecule has 1 aromatic rings. The monoisotopic (exact) mass is 167 g/mol. The van der Waals surface area contributed by atoms with Gasteiger partial charge < -0.3 is 0 Å². The van der Waals surface area contributed by atoms with Gasteiger partial charge in [0.2, 0.25) is 6.33 Å². The van der Waals surface area contributed by atoms with Crippen LogP contribution in [0, 0.1) is 11.3 Å². The normalized spacial score (nSPS) is 10.8. The first-order valence-corrected chi connectivity index (χ1v) is 2.99. The van der Waals surface area contributed by atoms with Crippen molar-refractivity contribution in [1.29, 1.82) is 5.26 Å². The van der Waals surface area contributed by atoms with E-state index in [1.165, 1.54) is 28.2 Å². The van der Waals surface area contributed by atoms with Gasteiger partial charge in [-0.2, -0.15) is 5.26 Å². The molecule has 1 rings (SSSR count). The van der Waals surface area contributed by atoms with Gasteiger partial charge in [0.05, 0.1) is 0 Å². The van der Waals surface area contributed by atoms with Crippen molar-refractivity contribution in [3.05, 3.63) is 18.4 Å². The summed E-state index contributed by atoms with van der Waals surface area (Å²) in [6, 6.07) is 1.70. The van der Waals surface area contributed by atoms with Crippen LogP contribution in [-0.2, 0) is 0 Å². The van der Waals surface area contributed by atoms with Crippen LogP contribution < -0.4 is 16.0 Å². The number of hydrogen-bond acceptors (Lipinski definition) is 5. The number of nitrogens with one attached hydrogen (secondary N) is 1. The standard InChI is InChI=1S/C5H7N6O/c6-1-5(9-12)2-11-4-10(7)3-8-11/h2-4,9,12H,7H2/q+1/b5-2+. The first-order valence-electron chi connectivity index (χ1n) is 2.99. The molecule has 7 nitrogen and oxygen atoms in total. The van der Waals surface area contributed by atoms with Crippen molar-refractivity contribution in [2.75, 3.05) is 5.84 Å². The van der Waals surface area contributed by atoms with Crippen molar-refractivity contribution >= 4 is 6.20 Å². The lowest BCUT2D eigenvalue weighted by Gasteiger charge is -1.88. The van der Waals surface area contributed by atoms with Crippen molar-refractivity contribution in [3.63, 3.8) is 0 Å². The van der Waals surface area contributed by atoms with Gasteiger partial charge in [-0.15, -0.1) is 4.68 Å². The summed E-state index contributed by atoms with van der Waals surface area (Å²) in [7, 11) is 0. The summed E-state index contributed by atoms with van der Waals surface area (Å²) < 4.78 is 2.49. The number of aromatic nitrogens is 3. The topological polar surface area (TPSA) is 104 Å². The Morgan fingerprint density at radius 2 is 2.67 bits per heavy atom. The van der Waals surface area contributed by atoms with Crippen LogP contribution in [-0.4, -0.2) is 15.0 Å². The Morgan fingerprint density at radius 1 is 1.92 bits per heavy atom. The fourth-order valence-corrected chi connectivity index (χ4v) is 0.597. The molecule has 0 atom stereocenters. The van der Waals surface area contributed by atoms with E-state index in [1.54, 1.807) is 11.5 Å². The largest absolute Gasteiger partial charge is 0.290 e. The Bertz CT molecular complexity index is 334. The molecule has 0 aliphatic rings. The molecule has 62 valence electrons. The highest BCUT2D eigenvalue weighted by Crippen LogP contribution is 1.87. The molecule has 0 aliphatic carbocycles. The van der Waals surface area contributed by atoms with E-state index in [1.807, 2.05) is 0 Å². The highest BCUT2D eigenvalue weighted by molar-refractivity contribution is 5.35. The van der Waals surface area contributed by atoms with E-state index < -0.39 is 0 Å². The third-order valence-electron chi connectivity index (χ3n) is 1.07. The van der Waals surface area contributed by atoms with Gasteiger partial charge >= 0.3 is 0 Å². The molecule has 7 heteroatoms. The highest BCUT2D eigenvalue weighted by Gasteiger charge is 2.01. The van der Waals surface area contributed by atoms with Gasteiger partial charge in [-0.05, 0) is 0 Å². The van der Waals surface area contributed by atoms with E-state index in [9.17, 15) is 0 Å². The van der Waals surface area contributed by atoms with Crippen molar-refractivity contribution < 1.29 is 9.88 Å². The fourth-order valence-electron chi connectivity index (χ4n) is 0.597. The quantitative estimate of drug-likeness (QED) is 0.208. The van der Waals surface area contributed by atoms with Crippen LogP contribution >= 0.6 is 0 Å². The Labute approximate surface area is 67.9 Å². The fraction of sp³-hybridized carbons (Fsp3) is 0. The highest BCUT2D eigenvalue weighted by atomic mass is 16.5. The Balaban J connectivity index is 2.87. The summed E-state index contributed by atoms with van der Waals surface area (Å²) in [5, 5.41) is 20.5. The number of nitrogens with two attached hydrogens (primary N) is 1. The van der Waals surface area contributed by atoms with Gasteiger partial charge in [0.25, 0.3) is 6.33 Å². The van der Waals surface area contributed by atoms with E-state index in [-0.39, 0.29) is 5.70 Å². The van der Waals surface area contributed by atoms with Crippen molar-refractivity contribution in [2.45, 2.75) is 0 Å². The van der Waals surface area contributed by atoms with Gasteiger partial charge in [0.1, 0.15) is 12.3 Å². The molecule has 1 heterocycles. The number of rotatable bonds is 2. The average molecular weight is 167 g/mol. The zero-order valence-corrected chi connectivity index (χ0v) is 6.05. The van der Waals surface area contributed by atoms with E-state index >= 15 is 0 Å². The van der Waals surface area contributed by atoms with E-state index in [2.05, 4.69) is 5.10 Å². The summed E-state index contributed by atoms with van der Waals surface area (Å²) in [4.78, 5) is 0. The Hall–Kier alpha value is -2.07. The maximum atomic E-state index is 8.37. The molecule has 0 saturated carbocycles. The molecule has 0 amide bonds. The third kappa shape index (κ3) is 1.71. The van der Waals surface area contributed by atoms with Gasteiger partial charge in [-0.1, -0.05) is 4.68 Å². The molecule has 0 aliphatic heterocycles. The zero-order valence-electron chi connectivity index (χ0n) is 6.05. The Morgan fingerprint density at radius 3 is 3.08 bits per heavy atom. The summed E-state index contributed by atoms with van der Waals surface area (Å²) in [6.45, 7) is 0. The maximum Gasteiger partial charge on any atom is 0.287 e. The van der Waals surface area contributed by atoms with Crippen molar-refractivity contribution in [1.82, 2.24) is 15.3 Å². The number of allylic oxidation sites excluding steroid dienone is 1. The van der Waals surface area contributed by atoms with Crippen LogP contribution in [0.5, 0.6) is 0 Å². The zero-order chi connectivity index (χ0) is 8.97. The van der Waals surface area contributed by atoms with Crippen molar-refractivity contribution in [3.8, 4) is 6.07 Å². The first kappa shape index (κ1) is 8.03. The number of nitrogens with zero attached hydrogens (tertiary/aromatic N) is 4. The van der Waals surface area contributed by atoms with Crippen molar-refractivity contribution in [2.24, 2.45) is 0 Å². The lowest BCUT2D eigenvalue weighted by Crippen LogP contribution is -2.41. The minimum Gasteiger partial charge on any atom is -0.290 e. The van der Waals surface area contributed by atoms with Gasteiger partial charge in [0.15, 0.2) is 5.70 Å². The molecule has 0 unspecified atom stereocenters. The van der Waals surface area contributed by atoms with Crippen LogP contribution in [0.1, 0.15) is 0 Å². The lowest BCUT2D eigenvalue weighted by molar-refractivity contribution is -0.639. The van der Waals surface area contributed by atoms with Gasteiger partial charge in [-0.3, -0.25) is 16.5 Å². The summed E-state index contributed by atoms with van der Waals surface area (Å²) >= 11 is 0. The molecule has 1 aromatic heterocycles. The molecule has 12 heavy (non-hydrogen) atoms. The molecule has 4 N–H and O–H groups in total. The van der Waals surface area contributed by atoms with Gasteiger partial charge in [-0.25, -0.2) is 0 Å². The van der Waals surface area contributed by atoms with Crippen LogP contribution in [0.25, 0.3) is 6.20 Å². The molecular formula is C5H7N6O+. The van der Waals surface area contributed by atoms with Crippen LogP contribution in [0.4, 0.5) is 0 Å². The minimum atomic E-state index is -0.0290. The van der Waals surface area contributed by atoms with E-state index in [0.717, 1.165) is 0 Å². The van der Waals surface area contributed by atoms with Gasteiger partial charge in [0, 0.05) is 5.10 Å². The molecule has 0 spiro atoms. The molecule has 0 radical (unpaired) electrons. The second-order valence-electron chi connectivity index (χ2n) is 1.94. The predicted molar refractivity (Wildman–Crippen MR) is 37.4 cm³/mol. The summed E-state index contributed by atoms with van der Waals surface area (Å²) in [5.74, 6) is 5.28. The number of hydrogen-bond donors (Lipinski definition) is 3. The molecule has 0 fully saturated rings.